The van der Waals surface area contributed by atoms with Crippen LogP contribution in [0.1, 0.15) is 5.56 Å². The van der Waals surface area contributed by atoms with Gasteiger partial charge < -0.3 is 10.2 Å². The zero-order chi connectivity index (χ0) is 13.1. The molecule has 4 nitrogen and oxygen atoms in total. The highest BCUT2D eigenvalue weighted by Gasteiger charge is 2.06. The zero-order valence-electron chi connectivity index (χ0n) is 11.2. The van der Waals surface area contributed by atoms with Crippen LogP contribution in [-0.2, 0) is 0 Å². The fourth-order valence-electron chi connectivity index (χ4n) is 1.77. The van der Waals surface area contributed by atoms with E-state index in [0.717, 1.165) is 16.8 Å². The van der Waals surface area contributed by atoms with Gasteiger partial charge in [-0.25, -0.2) is 9.97 Å². The maximum absolute atomic E-state index is 4.50. The van der Waals surface area contributed by atoms with Crippen molar-refractivity contribution in [3.8, 4) is 11.3 Å². The Morgan fingerprint density at radius 3 is 2.33 bits per heavy atom. The van der Waals surface area contributed by atoms with E-state index in [2.05, 4.69) is 44.5 Å². The van der Waals surface area contributed by atoms with E-state index in [1.807, 2.05) is 34.3 Å². The molecule has 0 aliphatic rings. The predicted molar refractivity (Wildman–Crippen MR) is 76.1 cm³/mol. The normalized spacial score (nSPS) is 10.2. The van der Waals surface area contributed by atoms with Crippen LogP contribution < -0.4 is 10.2 Å². The highest BCUT2D eigenvalue weighted by Crippen LogP contribution is 2.24. The minimum absolute atomic E-state index is 0.646. The molecule has 0 saturated heterocycles. The Labute approximate surface area is 108 Å². The molecule has 0 fully saturated rings. The zero-order valence-corrected chi connectivity index (χ0v) is 11.2. The minimum atomic E-state index is 0.646. The summed E-state index contributed by atoms with van der Waals surface area (Å²) in [6.45, 7) is 2.02. The summed E-state index contributed by atoms with van der Waals surface area (Å²) in [5.41, 5.74) is 4.34. The highest BCUT2D eigenvalue weighted by atomic mass is 15.1. The van der Waals surface area contributed by atoms with E-state index >= 15 is 0 Å². The average Bonchev–Trinajstić information content (AvgIpc) is 2.39. The second kappa shape index (κ2) is 5.04. The lowest BCUT2D eigenvalue weighted by Gasteiger charge is -2.13. The monoisotopic (exact) mass is 242 g/mol. The number of benzene rings is 1. The van der Waals surface area contributed by atoms with Crippen molar-refractivity contribution < 1.29 is 0 Å². The molecule has 0 unspecified atom stereocenters. The predicted octanol–water partition coefficient (Wildman–Crippen LogP) is 2.56. The Balaban J connectivity index is 2.41. The van der Waals surface area contributed by atoms with Crippen LogP contribution >= 0.6 is 0 Å². The maximum atomic E-state index is 4.50. The number of hydrogen-bond donors (Lipinski definition) is 1. The summed E-state index contributed by atoms with van der Waals surface area (Å²) in [5, 5.41) is 2.96. The second-order valence-electron chi connectivity index (χ2n) is 4.42. The number of nitrogens with zero attached hydrogens (tertiary/aromatic N) is 3. The van der Waals surface area contributed by atoms with Crippen molar-refractivity contribution in [1.29, 1.82) is 0 Å². The molecule has 18 heavy (non-hydrogen) atoms. The molecule has 0 bridgehead atoms. The van der Waals surface area contributed by atoms with Gasteiger partial charge >= 0.3 is 0 Å². The van der Waals surface area contributed by atoms with Gasteiger partial charge in [0.1, 0.15) is 0 Å². The largest absolute Gasteiger partial charge is 0.378 e. The van der Waals surface area contributed by atoms with Gasteiger partial charge in [0.2, 0.25) is 5.95 Å². The van der Waals surface area contributed by atoms with Crippen molar-refractivity contribution in [1.82, 2.24) is 9.97 Å². The first-order valence-corrected chi connectivity index (χ1v) is 5.91. The summed E-state index contributed by atoms with van der Waals surface area (Å²) in [5.74, 6) is 0.646. The molecule has 0 spiro atoms. The van der Waals surface area contributed by atoms with Crippen molar-refractivity contribution in [2.75, 3.05) is 31.4 Å². The SMILES string of the molecule is CNc1ncc(C)c(-c2ccc(N(C)C)cc2)n1. The molecule has 4 heteroatoms. The summed E-state index contributed by atoms with van der Waals surface area (Å²) in [6, 6.07) is 8.36. The Morgan fingerprint density at radius 2 is 1.78 bits per heavy atom. The van der Waals surface area contributed by atoms with Gasteiger partial charge in [-0.15, -0.1) is 0 Å². The van der Waals surface area contributed by atoms with Crippen LogP contribution in [0.2, 0.25) is 0 Å². The Kier molecular flexibility index (Phi) is 3.46. The summed E-state index contributed by atoms with van der Waals surface area (Å²) in [7, 11) is 5.89. The topological polar surface area (TPSA) is 41.1 Å². The smallest absolute Gasteiger partial charge is 0.222 e. The van der Waals surface area contributed by atoms with E-state index in [9.17, 15) is 0 Å². The van der Waals surface area contributed by atoms with Crippen LogP contribution in [0.3, 0.4) is 0 Å². The quantitative estimate of drug-likeness (QED) is 0.898. The molecule has 94 valence electrons. The van der Waals surface area contributed by atoms with Gasteiger partial charge in [-0.1, -0.05) is 12.1 Å². The van der Waals surface area contributed by atoms with Gasteiger partial charge in [-0.2, -0.15) is 0 Å². The molecule has 2 rings (SSSR count). The van der Waals surface area contributed by atoms with Crippen molar-refractivity contribution >= 4 is 11.6 Å². The first-order valence-electron chi connectivity index (χ1n) is 5.91. The van der Waals surface area contributed by atoms with Gasteiger partial charge in [0.05, 0.1) is 5.69 Å². The van der Waals surface area contributed by atoms with Crippen molar-refractivity contribution in [3.63, 3.8) is 0 Å². The van der Waals surface area contributed by atoms with E-state index in [-0.39, 0.29) is 0 Å². The molecular formula is C14H18N4. The molecule has 2 aromatic rings. The number of hydrogen-bond acceptors (Lipinski definition) is 4. The number of rotatable bonds is 3. The standard InChI is InChI=1S/C14H18N4/c1-10-9-16-14(15-2)17-13(10)11-5-7-12(8-6-11)18(3)4/h5-9H,1-4H3,(H,15,16,17). The van der Waals surface area contributed by atoms with Crippen LogP contribution in [0.5, 0.6) is 0 Å². The molecule has 0 aliphatic heterocycles. The molecular weight excluding hydrogens is 224 g/mol. The summed E-state index contributed by atoms with van der Waals surface area (Å²) in [4.78, 5) is 10.8. The Bertz CT molecular complexity index is 532. The second-order valence-corrected chi connectivity index (χ2v) is 4.42. The number of aryl methyl sites for hydroxylation is 1. The Hall–Kier alpha value is -2.10. The first kappa shape index (κ1) is 12.4. The van der Waals surface area contributed by atoms with E-state index < -0.39 is 0 Å². The van der Waals surface area contributed by atoms with Crippen LogP contribution in [0.4, 0.5) is 11.6 Å². The summed E-state index contributed by atoms with van der Waals surface area (Å²) in [6.07, 6.45) is 1.84. The lowest BCUT2D eigenvalue weighted by atomic mass is 10.1. The molecule has 0 atom stereocenters. The van der Waals surface area contributed by atoms with Gasteiger partial charge in [-0.3, -0.25) is 0 Å². The number of nitrogens with one attached hydrogen (secondary N) is 1. The molecule has 1 aromatic heterocycles. The maximum Gasteiger partial charge on any atom is 0.222 e. The van der Waals surface area contributed by atoms with E-state index in [1.54, 1.807) is 0 Å². The van der Waals surface area contributed by atoms with E-state index in [1.165, 1.54) is 5.69 Å². The average molecular weight is 242 g/mol. The molecule has 1 aromatic carbocycles. The van der Waals surface area contributed by atoms with Crippen LogP contribution in [-0.4, -0.2) is 31.1 Å². The molecule has 0 saturated carbocycles. The summed E-state index contributed by atoms with van der Waals surface area (Å²) < 4.78 is 0. The lowest BCUT2D eigenvalue weighted by molar-refractivity contribution is 1.12. The number of aromatic nitrogens is 2. The third kappa shape index (κ3) is 2.42. The van der Waals surface area contributed by atoms with Gasteiger partial charge in [0, 0.05) is 38.6 Å². The van der Waals surface area contributed by atoms with Crippen LogP contribution in [0.15, 0.2) is 30.5 Å². The minimum Gasteiger partial charge on any atom is -0.378 e. The molecule has 1 heterocycles. The fraction of sp³-hybridized carbons (Fsp3) is 0.286. The van der Waals surface area contributed by atoms with Gasteiger partial charge in [0.25, 0.3) is 0 Å². The van der Waals surface area contributed by atoms with Crippen molar-refractivity contribution in [2.24, 2.45) is 0 Å². The van der Waals surface area contributed by atoms with Crippen molar-refractivity contribution in [2.45, 2.75) is 6.92 Å². The molecule has 0 amide bonds. The Morgan fingerprint density at radius 1 is 1.11 bits per heavy atom. The third-order valence-corrected chi connectivity index (χ3v) is 2.85. The van der Waals surface area contributed by atoms with E-state index in [4.69, 9.17) is 0 Å². The third-order valence-electron chi connectivity index (χ3n) is 2.85. The summed E-state index contributed by atoms with van der Waals surface area (Å²) >= 11 is 0. The van der Waals surface area contributed by atoms with Crippen LogP contribution in [0, 0.1) is 6.92 Å². The molecule has 0 radical (unpaired) electrons. The van der Waals surface area contributed by atoms with Gasteiger partial charge in [0.15, 0.2) is 0 Å². The van der Waals surface area contributed by atoms with Crippen LogP contribution in [0.25, 0.3) is 11.3 Å². The van der Waals surface area contributed by atoms with Gasteiger partial charge in [-0.05, 0) is 24.6 Å². The van der Waals surface area contributed by atoms with Crippen molar-refractivity contribution in [3.05, 3.63) is 36.0 Å². The van der Waals surface area contributed by atoms with E-state index in [0.29, 0.717) is 5.95 Å². The lowest BCUT2D eigenvalue weighted by Crippen LogP contribution is -2.08. The fourth-order valence-corrected chi connectivity index (χ4v) is 1.77. The number of anilines is 2. The molecule has 0 aliphatic carbocycles. The molecule has 1 N–H and O–H groups in total. The first-order chi connectivity index (χ1) is 8.61. The highest BCUT2D eigenvalue weighted by molar-refractivity contribution is 5.66.